The van der Waals surface area contributed by atoms with Crippen LogP contribution in [-0.2, 0) is 9.59 Å². The van der Waals surface area contributed by atoms with Crippen LogP contribution in [0.1, 0.15) is 27.9 Å². The molecule has 0 fully saturated rings. The molecule has 16 heteroatoms. The summed E-state index contributed by atoms with van der Waals surface area (Å²) in [6, 6.07) is 9.51. The summed E-state index contributed by atoms with van der Waals surface area (Å²) in [5.41, 5.74) is 5.10. The van der Waals surface area contributed by atoms with Crippen molar-refractivity contribution >= 4 is 29.3 Å². The van der Waals surface area contributed by atoms with Crippen molar-refractivity contribution in [2.24, 2.45) is 5.73 Å². The standard InChI is InChI=1S/C27H19F6N5O5/c28-26(29,30)24(40)42-18-7-6-17(21(34)35)20(43-25(41)27(31,32)33)19(18)14-8-12-38(13-9-14)23(39)16-4-2-15(3-5-16)22-36-10-1-11-37-22/h1-8,10-11H,9,12-13H2,(H3,34,35). The summed E-state index contributed by atoms with van der Waals surface area (Å²) in [4.78, 5) is 46.0. The van der Waals surface area contributed by atoms with E-state index in [1.165, 1.54) is 23.1 Å². The van der Waals surface area contributed by atoms with Crippen LogP contribution in [0.4, 0.5) is 26.3 Å². The van der Waals surface area contributed by atoms with Crippen LogP contribution in [0.2, 0.25) is 0 Å². The first-order valence-electron chi connectivity index (χ1n) is 12.1. The van der Waals surface area contributed by atoms with Crippen LogP contribution in [0.15, 0.2) is 60.9 Å². The summed E-state index contributed by atoms with van der Waals surface area (Å²) in [5.74, 6) is -8.29. The third-order valence-corrected chi connectivity index (χ3v) is 6.04. The van der Waals surface area contributed by atoms with Gasteiger partial charge in [0.05, 0.1) is 11.1 Å². The molecule has 1 aromatic heterocycles. The minimum atomic E-state index is -5.53. The third kappa shape index (κ3) is 6.97. The molecular formula is C27H19F6N5O5. The number of esters is 2. The molecule has 0 aliphatic carbocycles. The van der Waals surface area contributed by atoms with Crippen molar-refractivity contribution in [1.29, 1.82) is 5.41 Å². The number of halogens is 6. The van der Waals surface area contributed by atoms with Crippen molar-refractivity contribution in [2.45, 2.75) is 18.8 Å². The zero-order valence-electron chi connectivity index (χ0n) is 21.6. The quantitative estimate of drug-likeness (QED) is 0.139. The molecule has 0 atom stereocenters. The highest BCUT2D eigenvalue weighted by molar-refractivity contribution is 6.02. The lowest BCUT2D eigenvalue weighted by Crippen LogP contribution is -2.35. The Labute approximate surface area is 238 Å². The Morgan fingerprint density at radius 3 is 2.02 bits per heavy atom. The number of amides is 1. The molecule has 2 heterocycles. The maximum absolute atomic E-state index is 13.1. The van der Waals surface area contributed by atoms with Gasteiger partial charge >= 0.3 is 24.3 Å². The number of alkyl halides is 6. The largest absolute Gasteiger partial charge is 0.491 e. The van der Waals surface area contributed by atoms with Crippen LogP contribution in [-0.4, -0.2) is 64.0 Å². The molecule has 0 bridgehead atoms. The number of hydrogen-bond donors (Lipinski definition) is 2. The van der Waals surface area contributed by atoms with Crippen molar-refractivity contribution in [1.82, 2.24) is 14.9 Å². The Bertz CT molecular complexity index is 1610. The number of benzene rings is 2. The summed E-state index contributed by atoms with van der Waals surface area (Å²) < 4.78 is 87.0. The number of rotatable bonds is 6. The van der Waals surface area contributed by atoms with E-state index in [4.69, 9.17) is 11.1 Å². The second-order valence-corrected chi connectivity index (χ2v) is 8.88. The van der Waals surface area contributed by atoms with E-state index < -0.39 is 58.7 Å². The van der Waals surface area contributed by atoms with Gasteiger partial charge in [-0.15, -0.1) is 0 Å². The molecule has 0 spiro atoms. The Morgan fingerprint density at radius 2 is 1.49 bits per heavy atom. The van der Waals surface area contributed by atoms with Crippen molar-refractivity contribution in [3.05, 3.63) is 77.6 Å². The lowest BCUT2D eigenvalue weighted by molar-refractivity contribution is -0.190. The van der Waals surface area contributed by atoms with E-state index >= 15 is 0 Å². The van der Waals surface area contributed by atoms with Gasteiger partial charge in [-0.2, -0.15) is 26.3 Å². The molecule has 0 saturated heterocycles. The Morgan fingerprint density at radius 1 is 0.884 bits per heavy atom. The minimum absolute atomic E-state index is 0.0290. The Kier molecular flexibility index (Phi) is 8.50. The zero-order chi connectivity index (χ0) is 31.5. The topological polar surface area (TPSA) is 149 Å². The molecule has 4 rings (SSSR count). The molecule has 3 aromatic rings. The van der Waals surface area contributed by atoms with Crippen molar-refractivity contribution in [3.8, 4) is 22.9 Å². The van der Waals surface area contributed by atoms with Crippen LogP contribution in [0.25, 0.3) is 17.0 Å². The predicted octanol–water partition coefficient (Wildman–Crippen LogP) is 4.29. The van der Waals surface area contributed by atoms with Crippen LogP contribution in [0.5, 0.6) is 11.5 Å². The van der Waals surface area contributed by atoms with Gasteiger partial charge in [-0.3, -0.25) is 10.2 Å². The molecule has 10 nitrogen and oxygen atoms in total. The number of nitrogen functional groups attached to an aromatic ring is 1. The van der Waals surface area contributed by atoms with Gasteiger partial charge in [0.25, 0.3) is 5.91 Å². The molecular weight excluding hydrogens is 588 g/mol. The van der Waals surface area contributed by atoms with Gasteiger partial charge in [0.2, 0.25) is 0 Å². The number of carbonyl (C=O) groups excluding carboxylic acids is 3. The zero-order valence-corrected chi connectivity index (χ0v) is 21.6. The van der Waals surface area contributed by atoms with Gasteiger partial charge in [0.1, 0.15) is 11.6 Å². The van der Waals surface area contributed by atoms with E-state index in [-0.39, 0.29) is 30.6 Å². The first-order chi connectivity index (χ1) is 20.2. The third-order valence-electron chi connectivity index (χ3n) is 6.04. The molecule has 224 valence electrons. The van der Waals surface area contributed by atoms with E-state index in [0.717, 1.165) is 12.1 Å². The number of nitrogens with one attached hydrogen (secondary N) is 1. The van der Waals surface area contributed by atoms with Gasteiger partial charge in [0.15, 0.2) is 11.6 Å². The highest BCUT2D eigenvalue weighted by atomic mass is 19.4. The van der Waals surface area contributed by atoms with Gasteiger partial charge < -0.3 is 20.1 Å². The molecule has 0 radical (unpaired) electrons. The van der Waals surface area contributed by atoms with Crippen LogP contribution in [0.3, 0.4) is 0 Å². The number of hydrogen-bond acceptors (Lipinski definition) is 8. The van der Waals surface area contributed by atoms with Crippen LogP contribution in [0, 0.1) is 5.41 Å². The fraction of sp³-hybridized carbons (Fsp3) is 0.185. The van der Waals surface area contributed by atoms with E-state index in [1.807, 2.05) is 0 Å². The Balaban J connectivity index is 1.69. The van der Waals surface area contributed by atoms with Crippen molar-refractivity contribution in [2.75, 3.05) is 13.1 Å². The second-order valence-electron chi connectivity index (χ2n) is 8.88. The van der Waals surface area contributed by atoms with Crippen molar-refractivity contribution < 1.29 is 50.2 Å². The normalized spacial score (nSPS) is 13.6. The summed E-state index contributed by atoms with van der Waals surface area (Å²) in [5, 5.41) is 7.69. The minimum Gasteiger partial charge on any atom is -0.419 e. The average Bonchev–Trinajstić information content (AvgIpc) is 2.96. The molecule has 43 heavy (non-hydrogen) atoms. The number of carbonyl (C=O) groups is 3. The summed E-state index contributed by atoms with van der Waals surface area (Å²) in [7, 11) is 0. The number of ether oxygens (including phenoxy) is 2. The molecule has 2 aromatic carbocycles. The average molecular weight is 607 g/mol. The first-order valence-corrected chi connectivity index (χ1v) is 12.1. The maximum atomic E-state index is 13.1. The highest BCUT2D eigenvalue weighted by Gasteiger charge is 2.44. The molecule has 0 saturated carbocycles. The second kappa shape index (κ2) is 11.9. The van der Waals surface area contributed by atoms with Crippen LogP contribution < -0.4 is 15.2 Å². The van der Waals surface area contributed by atoms with Crippen LogP contribution >= 0.6 is 0 Å². The fourth-order valence-corrected chi connectivity index (χ4v) is 4.05. The van der Waals surface area contributed by atoms with Gasteiger partial charge in [0, 0.05) is 36.6 Å². The lowest BCUT2D eigenvalue weighted by atomic mass is 9.94. The van der Waals surface area contributed by atoms with Gasteiger partial charge in [-0.1, -0.05) is 18.2 Å². The lowest BCUT2D eigenvalue weighted by Gasteiger charge is -2.28. The van der Waals surface area contributed by atoms with E-state index in [9.17, 15) is 40.7 Å². The SMILES string of the molecule is N=C(N)c1ccc(OC(=O)C(F)(F)F)c(C2=CCN(C(=O)c3ccc(-c4ncccn4)cc3)CC2)c1OC(=O)C(F)(F)F. The number of nitrogens with two attached hydrogens (primary N) is 1. The van der Waals surface area contributed by atoms with E-state index in [0.29, 0.717) is 11.4 Å². The van der Waals surface area contributed by atoms with Gasteiger partial charge in [-0.05, 0) is 42.3 Å². The molecule has 1 amide bonds. The summed E-state index contributed by atoms with van der Waals surface area (Å²) >= 11 is 0. The van der Waals surface area contributed by atoms with E-state index in [1.54, 1.807) is 30.6 Å². The van der Waals surface area contributed by atoms with Crippen molar-refractivity contribution in [3.63, 3.8) is 0 Å². The smallest absolute Gasteiger partial charge is 0.419 e. The maximum Gasteiger partial charge on any atom is 0.491 e. The summed E-state index contributed by atoms with van der Waals surface area (Å²) in [6.45, 7) is -0.265. The number of amidine groups is 1. The monoisotopic (exact) mass is 607 g/mol. The molecule has 1 aliphatic heterocycles. The molecule has 0 unspecified atom stereocenters. The van der Waals surface area contributed by atoms with Gasteiger partial charge in [-0.25, -0.2) is 19.6 Å². The number of aromatic nitrogens is 2. The fourth-order valence-electron chi connectivity index (χ4n) is 4.05. The van der Waals surface area contributed by atoms with E-state index in [2.05, 4.69) is 19.4 Å². The number of nitrogens with zero attached hydrogens (tertiary/aromatic N) is 3. The predicted molar refractivity (Wildman–Crippen MR) is 137 cm³/mol. The highest BCUT2D eigenvalue weighted by Crippen LogP contribution is 2.42. The molecule has 3 N–H and O–H groups in total. The first kappa shape index (κ1) is 30.7. The Hall–Kier alpha value is -5.28. The summed E-state index contributed by atoms with van der Waals surface area (Å²) in [6.07, 6.45) is -6.81. The molecule has 1 aliphatic rings.